The number of piperazine rings is 1. The van der Waals surface area contributed by atoms with E-state index in [0.717, 1.165) is 12.5 Å². The third kappa shape index (κ3) is 5.43. The van der Waals surface area contributed by atoms with Crippen molar-refractivity contribution in [2.45, 2.75) is 84.7 Å². The van der Waals surface area contributed by atoms with E-state index in [4.69, 9.17) is 0 Å². The van der Waals surface area contributed by atoms with Gasteiger partial charge in [0.15, 0.2) is 0 Å². The average molecular weight is 268 g/mol. The summed E-state index contributed by atoms with van der Waals surface area (Å²) in [7, 11) is 0. The van der Waals surface area contributed by atoms with Crippen LogP contribution < -0.4 is 5.32 Å². The molecule has 114 valence electrons. The molecule has 1 fully saturated rings. The Labute approximate surface area is 121 Å². The van der Waals surface area contributed by atoms with E-state index in [-0.39, 0.29) is 0 Å². The lowest BCUT2D eigenvalue weighted by atomic mass is 9.89. The van der Waals surface area contributed by atoms with Crippen LogP contribution in [0, 0.1) is 5.92 Å². The summed E-state index contributed by atoms with van der Waals surface area (Å²) in [4.78, 5) is 2.77. The zero-order chi connectivity index (χ0) is 14.3. The standard InChI is InChI=1S/C17H36N2/c1-6-8-9-10-11-19-13-16(12-15(3)4)18-14-17(19,5)7-2/h15-16,18H,6-14H2,1-5H3. The Kier molecular flexibility index (Phi) is 7.38. The molecule has 19 heavy (non-hydrogen) atoms. The van der Waals surface area contributed by atoms with Crippen molar-refractivity contribution in [2.24, 2.45) is 5.92 Å². The normalized spacial score (nSPS) is 29.1. The molecule has 0 aromatic heterocycles. The van der Waals surface area contributed by atoms with Gasteiger partial charge in [-0.05, 0) is 38.6 Å². The molecule has 2 atom stereocenters. The van der Waals surface area contributed by atoms with Crippen LogP contribution >= 0.6 is 0 Å². The van der Waals surface area contributed by atoms with Gasteiger partial charge in [0.25, 0.3) is 0 Å². The van der Waals surface area contributed by atoms with Gasteiger partial charge < -0.3 is 5.32 Å². The van der Waals surface area contributed by atoms with Gasteiger partial charge in [-0.1, -0.05) is 47.0 Å². The summed E-state index contributed by atoms with van der Waals surface area (Å²) in [6, 6.07) is 0.700. The van der Waals surface area contributed by atoms with Crippen LogP contribution in [-0.2, 0) is 0 Å². The summed E-state index contributed by atoms with van der Waals surface area (Å²) in [6.45, 7) is 15.4. The second-order valence-electron chi connectivity index (χ2n) is 7.06. The van der Waals surface area contributed by atoms with Crippen molar-refractivity contribution in [3.05, 3.63) is 0 Å². The SMILES string of the molecule is CCCCCCN1CC(CC(C)C)NCC1(C)CC. The fourth-order valence-corrected chi connectivity index (χ4v) is 3.19. The minimum absolute atomic E-state index is 0.375. The van der Waals surface area contributed by atoms with Gasteiger partial charge in [0.05, 0.1) is 0 Å². The van der Waals surface area contributed by atoms with Crippen molar-refractivity contribution in [1.29, 1.82) is 0 Å². The van der Waals surface area contributed by atoms with Gasteiger partial charge in [-0.15, -0.1) is 0 Å². The summed E-state index contributed by atoms with van der Waals surface area (Å²) >= 11 is 0. The average Bonchev–Trinajstić information content (AvgIpc) is 2.37. The quantitative estimate of drug-likeness (QED) is 0.668. The summed E-state index contributed by atoms with van der Waals surface area (Å²) in [5, 5.41) is 3.78. The lowest BCUT2D eigenvalue weighted by molar-refractivity contribution is 0.0428. The van der Waals surface area contributed by atoms with E-state index in [1.165, 1.54) is 51.6 Å². The van der Waals surface area contributed by atoms with Crippen LogP contribution in [0.4, 0.5) is 0 Å². The van der Waals surface area contributed by atoms with Crippen molar-refractivity contribution in [1.82, 2.24) is 10.2 Å². The largest absolute Gasteiger partial charge is 0.311 e. The van der Waals surface area contributed by atoms with E-state index in [1.54, 1.807) is 0 Å². The molecule has 0 aromatic carbocycles. The molecule has 1 N–H and O–H groups in total. The van der Waals surface area contributed by atoms with Crippen LogP contribution in [-0.4, -0.2) is 36.1 Å². The highest BCUT2D eigenvalue weighted by atomic mass is 15.3. The van der Waals surface area contributed by atoms with Gasteiger partial charge in [0.2, 0.25) is 0 Å². The van der Waals surface area contributed by atoms with Gasteiger partial charge in [0.1, 0.15) is 0 Å². The molecule has 1 heterocycles. The Balaban J connectivity index is 2.48. The van der Waals surface area contributed by atoms with Crippen LogP contribution in [0.3, 0.4) is 0 Å². The highest BCUT2D eigenvalue weighted by molar-refractivity contribution is 4.95. The Bertz CT molecular complexity index is 239. The molecular weight excluding hydrogens is 232 g/mol. The minimum atomic E-state index is 0.375. The maximum atomic E-state index is 3.78. The second-order valence-corrected chi connectivity index (χ2v) is 7.06. The van der Waals surface area contributed by atoms with Gasteiger partial charge in [-0.3, -0.25) is 4.90 Å². The van der Waals surface area contributed by atoms with E-state index in [9.17, 15) is 0 Å². The Morgan fingerprint density at radius 3 is 2.53 bits per heavy atom. The second kappa shape index (κ2) is 8.26. The molecule has 2 nitrogen and oxygen atoms in total. The van der Waals surface area contributed by atoms with E-state index in [1.807, 2.05) is 0 Å². The third-order valence-corrected chi connectivity index (χ3v) is 4.77. The molecule has 1 aliphatic rings. The first-order chi connectivity index (χ1) is 9.01. The number of hydrogen-bond donors (Lipinski definition) is 1. The fraction of sp³-hybridized carbons (Fsp3) is 1.00. The van der Waals surface area contributed by atoms with Crippen molar-refractivity contribution >= 4 is 0 Å². The lowest BCUT2D eigenvalue weighted by Crippen LogP contribution is -2.63. The zero-order valence-electron chi connectivity index (χ0n) is 14.0. The highest BCUT2D eigenvalue weighted by Crippen LogP contribution is 2.25. The van der Waals surface area contributed by atoms with Crippen LogP contribution in [0.2, 0.25) is 0 Å². The summed E-state index contributed by atoms with van der Waals surface area (Å²) in [5.74, 6) is 0.797. The molecule has 0 radical (unpaired) electrons. The monoisotopic (exact) mass is 268 g/mol. The van der Waals surface area contributed by atoms with E-state index >= 15 is 0 Å². The molecule has 1 aliphatic heterocycles. The molecule has 0 spiro atoms. The van der Waals surface area contributed by atoms with Crippen molar-refractivity contribution < 1.29 is 0 Å². The Hall–Kier alpha value is -0.0800. The maximum absolute atomic E-state index is 3.78. The third-order valence-electron chi connectivity index (χ3n) is 4.77. The van der Waals surface area contributed by atoms with E-state index < -0.39 is 0 Å². The van der Waals surface area contributed by atoms with Gasteiger partial charge in [-0.2, -0.15) is 0 Å². The zero-order valence-corrected chi connectivity index (χ0v) is 14.0. The minimum Gasteiger partial charge on any atom is -0.311 e. The van der Waals surface area contributed by atoms with E-state index in [2.05, 4.69) is 44.8 Å². The molecule has 1 saturated heterocycles. The number of nitrogens with one attached hydrogen (secondary N) is 1. The van der Waals surface area contributed by atoms with Crippen LogP contribution in [0.1, 0.15) is 73.1 Å². The van der Waals surface area contributed by atoms with Gasteiger partial charge in [-0.25, -0.2) is 0 Å². The summed E-state index contributed by atoms with van der Waals surface area (Å²) < 4.78 is 0. The molecule has 0 aromatic rings. The Morgan fingerprint density at radius 1 is 1.21 bits per heavy atom. The molecule has 2 heteroatoms. The molecule has 0 amide bonds. The number of nitrogens with zero attached hydrogens (tertiary/aromatic N) is 1. The maximum Gasteiger partial charge on any atom is 0.0303 e. The van der Waals surface area contributed by atoms with Crippen LogP contribution in [0.25, 0.3) is 0 Å². The Morgan fingerprint density at radius 2 is 1.95 bits per heavy atom. The van der Waals surface area contributed by atoms with Crippen molar-refractivity contribution in [3.8, 4) is 0 Å². The predicted molar refractivity (Wildman–Crippen MR) is 85.7 cm³/mol. The number of rotatable bonds is 8. The van der Waals surface area contributed by atoms with Crippen molar-refractivity contribution in [3.63, 3.8) is 0 Å². The first kappa shape index (κ1) is 17.0. The predicted octanol–water partition coefficient (Wildman–Crippen LogP) is 4.06. The molecule has 1 rings (SSSR count). The topological polar surface area (TPSA) is 15.3 Å². The van der Waals surface area contributed by atoms with Gasteiger partial charge in [0, 0.05) is 24.7 Å². The first-order valence-electron chi connectivity index (χ1n) is 8.50. The molecular formula is C17H36N2. The first-order valence-corrected chi connectivity index (χ1v) is 8.50. The molecule has 0 saturated carbocycles. The van der Waals surface area contributed by atoms with Crippen LogP contribution in [0.5, 0.6) is 0 Å². The smallest absolute Gasteiger partial charge is 0.0303 e. The number of hydrogen-bond acceptors (Lipinski definition) is 2. The lowest BCUT2D eigenvalue weighted by Gasteiger charge is -2.48. The van der Waals surface area contributed by atoms with Crippen molar-refractivity contribution in [2.75, 3.05) is 19.6 Å². The number of unbranched alkanes of at least 4 members (excludes halogenated alkanes) is 3. The van der Waals surface area contributed by atoms with Crippen LogP contribution in [0.15, 0.2) is 0 Å². The molecule has 0 bridgehead atoms. The van der Waals surface area contributed by atoms with E-state index in [0.29, 0.717) is 11.6 Å². The summed E-state index contributed by atoms with van der Waals surface area (Å²) in [5.41, 5.74) is 0.375. The highest BCUT2D eigenvalue weighted by Gasteiger charge is 2.35. The molecule has 2 unspecified atom stereocenters. The molecule has 0 aliphatic carbocycles. The fourth-order valence-electron chi connectivity index (χ4n) is 3.19. The summed E-state index contributed by atoms with van der Waals surface area (Å²) in [6.07, 6.45) is 8.06. The van der Waals surface area contributed by atoms with Gasteiger partial charge >= 0.3 is 0 Å².